The fourth-order valence-corrected chi connectivity index (χ4v) is 2.71. The first-order chi connectivity index (χ1) is 10.8. The van der Waals surface area contributed by atoms with Gasteiger partial charge >= 0.3 is 6.03 Å². The maximum Gasteiger partial charge on any atom is 0.315 e. The summed E-state index contributed by atoms with van der Waals surface area (Å²) in [5.74, 6) is 0. The summed E-state index contributed by atoms with van der Waals surface area (Å²) in [6.07, 6.45) is 11.3. The molecular weight excluding hydrogens is 278 g/mol. The first kappa shape index (κ1) is 14.4. The molecule has 1 fully saturated rings. The first-order valence-electron chi connectivity index (χ1n) is 7.57. The van der Waals surface area contributed by atoms with Crippen molar-refractivity contribution >= 4 is 6.03 Å². The van der Waals surface area contributed by atoms with E-state index in [0.29, 0.717) is 12.6 Å². The van der Waals surface area contributed by atoms with Gasteiger partial charge in [-0.05, 0) is 25.0 Å². The summed E-state index contributed by atoms with van der Waals surface area (Å²) in [6.45, 7) is 0.344. The molecule has 0 aromatic carbocycles. The van der Waals surface area contributed by atoms with Crippen LogP contribution >= 0.6 is 0 Å². The Kier molecular flexibility index (Phi) is 4.58. The molecule has 0 atom stereocenters. The number of hydrogen-bond donors (Lipinski definition) is 2. The molecule has 114 valence electrons. The minimum Gasteiger partial charge on any atom is -0.335 e. The maximum atomic E-state index is 11.9. The number of aromatic nitrogens is 3. The van der Waals surface area contributed by atoms with E-state index in [1.807, 2.05) is 12.1 Å². The van der Waals surface area contributed by atoms with Gasteiger partial charge in [-0.2, -0.15) is 0 Å². The summed E-state index contributed by atoms with van der Waals surface area (Å²) >= 11 is 0. The van der Waals surface area contributed by atoms with E-state index in [1.54, 1.807) is 24.8 Å². The predicted octanol–water partition coefficient (Wildman–Crippen LogP) is 2.28. The third kappa shape index (κ3) is 3.58. The van der Waals surface area contributed by atoms with E-state index in [9.17, 15) is 4.79 Å². The smallest absolute Gasteiger partial charge is 0.315 e. The molecule has 3 rings (SSSR count). The van der Waals surface area contributed by atoms with Crippen LogP contribution in [-0.2, 0) is 6.54 Å². The SMILES string of the molecule is O=C(NCc1nccnc1-c1cccnc1)NC1CCCC1. The van der Waals surface area contributed by atoms with Crippen molar-refractivity contribution in [2.24, 2.45) is 0 Å². The molecule has 0 saturated heterocycles. The van der Waals surface area contributed by atoms with Gasteiger partial charge in [0, 0.05) is 36.4 Å². The molecule has 2 N–H and O–H groups in total. The van der Waals surface area contributed by atoms with Gasteiger partial charge in [-0.3, -0.25) is 15.0 Å². The number of nitrogens with one attached hydrogen (secondary N) is 2. The molecule has 2 aromatic rings. The second kappa shape index (κ2) is 6.98. The number of carbonyl (C=O) groups is 1. The summed E-state index contributed by atoms with van der Waals surface area (Å²) in [4.78, 5) is 24.7. The lowest BCUT2D eigenvalue weighted by molar-refractivity contribution is 0.236. The molecule has 2 aromatic heterocycles. The monoisotopic (exact) mass is 297 g/mol. The number of urea groups is 1. The van der Waals surface area contributed by atoms with Crippen LogP contribution in [0.15, 0.2) is 36.9 Å². The van der Waals surface area contributed by atoms with Crippen molar-refractivity contribution in [1.29, 1.82) is 0 Å². The number of rotatable bonds is 4. The van der Waals surface area contributed by atoms with Gasteiger partial charge < -0.3 is 10.6 Å². The van der Waals surface area contributed by atoms with E-state index in [-0.39, 0.29) is 6.03 Å². The largest absolute Gasteiger partial charge is 0.335 e. The lowest BCUT2D eigenvalue weighted by Crippen LogP contribution is -2.40. The summed E-state index contributed by atoms with van der Waals surface area (Å²) in [5.41, 5.74) is 2.37. The molecule has 2 amide bonds. The Morgan fingerprint density at radius 3 is 2.77 bits per heavy atom. The Hall–Kier alpha value is -2.50. The van der Waals surface area contributed by atoms with Crippen molar-refractivity contribution < 1.29 is 4.79 Å². The van der Waals surface area contributed by atoms with Gasteiger partial charge in [0.2, 0.25) is 0 Å². The summed E-state index contributed by atoms with van der Waals surface area (Å²) in [5, 5.41) is 5.86. The van der Waals surface area contributed by atoms with Gasteiger partial charge in [0.1, 0.15) is 0 Å². The van der Waals surface area contributed by atoms with Gasteiger partial charge in [-0.15, -0.1) is 0 Å². The van der Waals surface area contributed by atoms with Crippen molar-refractivity contribution in [3.05, 3.63) is 42.6 Å². The minimum absolute atomic E-state index is 0.144. The average molecular weight is 297 g/mol. The molecule has 1 aliphatic carbocycles. The fourth-order valence-electron chi connectivity index (χ4n) is 2.71. The molecule has 0 bridgehead atoms. The maximum absolute atomic E-state index is 11.9. The normalized spacial score (nSPS) is 14.7. The second-order valence-corrected chi connectivity index (χ2v) is 5.40. The molecule has 1 saturated carbocycles. The molecular formula is C16H19N5O. The molecule has 0 radical (unpaired) electrons. The standard InChI is InChI=1S/C16H19N5O/c22-16(21-13-5-1-2-6-13)20-11-14-15(19-9-8-18-14)12-4-3-7-17-10-12/h3-4,7-10,13H,1-2,5-6,11H2,(H2,20,21,22). The number of nitrogens with zero attached hydrogens (tertiary/aromatic N) is 3. The van der Waals surface area contributed by atoms with Crippen LogP contribution in [0.4, 0.5) is 4.79 Å². The van der Waals surface area contributed by atoms with E-state index < -0.39 is 0 Å². The number of carbonyl (C=O) groups excluding carboxylic acids is 1. The van der Waals surface area contributed by atoms with Crippen LogP contribution in [0.3, 0.4) is 0 Å². The molecule has 22 heavy (non-hydrogen) atoms. The van der Waals surface area contributed by atoms with Crippen LogP contribution in [0.1, 0.15) is 31.4 Å². The molecule has 6 heteroatoms. The highest BCUT2D eigenvalue weighted by molar-refractivity contribution is 5.74. The molecule has 0 spiro atoms. The van der Waals surface area contributed by atoms with Gasteiger partial charge in [0.05, 0.1) is 17.9 Å². The zero-order valence-corrected chi connectivity index (χ0v) is 12.3. The Bertz CT molecular complexity index is 625. The molecule has 1 aliphatic rings. The van der Waals surface area contributed by atoms with Crippen molar-refractivity contribution in [1.82, 2.24) is 25.6 Å². The van der Waals surface area contributed by atoms with Crippen LogP contribution < -0.4 is 10.6 Å². The van der Waals surface area contributed by atoms with E-state index in [4.69, 9.17) is 0 Å². The Morgan fingerprint density at radius 2 is 2.00 bits per heavy atom. The quantitative estimate of drug-likeness (QED) is 0.907. The zero-order chi connectivity index (χ0) is 15.2. The van der Waals surface area contributed by atoms with Gasteiger partial charge in [0.25, 0.3) is 0 Å². The lowest BCUT2D eigenvalue weighted by atomic mass is 10.1. The second-order valence-electron chi connectivity index (χ2n) is 5.40. The van der Waals surface area contributed by atoms with Gasteiger partial charge in [-0.25, -0.2) is 4.79 Å². The van der Waals surface area contributed by atoms with Crippen molar-refractivity contribution in [2.45, 2.75) is 38.3 Å². The average Bonchev–Trinajstić information content (AvgIpc) is 3.07. The van der Waals surface area contributed by atoms with Crippen molar-refractivity contribution in [3.63, 3.8) is 0 Å². The van der Waals surface area contributed by atoms with Gasteiger partial charge in [-0.1, -0.05) is 12.8 Å². The van der Waals surface area contributed by atoms with Crippen LogP contribution in [-0.4, -0.2) is 27.0 Å². The molecule has 0 unspecified atom stereocenters. The Labute approximate surface area is 129 Å². The number of amides is 2. The topological polar surface area (TPSA) is 79.8 Å². The van der Waals surface area contributed by atoms with Crippen molar-refractivity contribution in [3.8, 4) is 11.3 Å². The Morgan fingerprint density at radius 1 is 1.18 bits per heavy atom. The third-order valence-electron chi connectivity index (χ3n) is 3.82. The van der Waals surface area contributed by atoms with Crippen LogP contribution in [0.5, 0.6) is 0 Å². The summed E-state index contributed by atoms with van der Waals surface area (Å²) in [6, 6.07) is 3.95. The van der Waals surface area contributed by atoms with Crippen LogP contribution in [0.25, 0.3) is 11.3 Å². The molecule has 2 heterocycles. The van der Waals surface area contributed by atoms with Gasteiger partial charge in [0.15, 0.2) is 0 Å². The summed E-state index contributed by atoms with van der Waals surface area (Å²) < 4.78 is 0. The highest BCUT2D eigenvalue weighted by Crippen LogP contribution is 2.19. The lowest BCUT2D eigenvalue weighted by Gasteiger charge is -2.13. The van der Waals surface area contributed by atoms with E-state index >= 15 is 0 Å². The molecule has 0 aliphatic heterocycles. The molecule has 6 nitrogen and oxygen atoms in total. The minimum atomic E-state index is -0.144. The highest BCUT2D eigenvalue weighted by atomic mass is 16.2. The van der Waals surface area contributed by atoms with E-state index in [2.05, 4.69) is 25.6 Å². The third-order valence-corrected chi connectivity index (χ3v) is 3.82. The van der Waals surface area contributed by atoms with E-state index in [1.165, 1.54) is 12.8 Å². The van der Waals surface area contributed by atoms with E-state index in [0.717, 1.165) is 29.8 Å². The highest BCUT2D eigenvalue weighted by Gasteiger charge is 2.17. The van der Waals surface area contributed by atoms with Crippen LogP contribution in [0.2, 0.25) is 0 Å². The first-order valence-corrected chi connectivity index (χ1v) is 7.57. The van der Waals surface area contributed by atoms with Crippen LogP contribution in [0, 0.1) is 0 Å². The predicted molar refractivity (Wildman–Crippen MR) is 82.9 cm³/mol. The summed E-state index contributed by atoms with van der Waals surface area (Å²) in [7, 11) is 0. The number of pyridine rings is 1. The zero-order valence-electron chi connectivity index (χ0n) is 12.3. The fraction of sp³-hybridized carbons (Fsp3) is 0.375. The Balaban J connectivity index is 1.64. The number of hydrogen-bond acceptors (Lipinski definition) is 4. The van der Waals surface area contributed by atoms with Crippen molar-refractivity contribution in [2.75, 3.05) is 0 Å².